The summed E-state index contributed by atoms with van der Waals surface area (Å²) >= 11 is 0. The molecule has 1 aliphatic heterocycles. The fourth-order valence-electron chi connectivity index (χ4n) is 3.30. The third-order valence-electron chi connectivity index (χ3n) is 4.70. The van der Waals surface area contributed by atoms with Gasteiger partial charge in [-0.15, -0.1) is 0 Å². The van der Waals surface area contributed by atoms with E-state index in [1.807, 2.05) is 0 Å². The van der Waals surface area contributed by atoms with Crippen LogP contribution >= 0.6 is 0 Å². The zero-order valence-electron chi connectivity index (χ0n) is 16.1. The van der Waals surface area contributed by atoms with Gasteiger partial charge in [-0.3, -0.25) is 9.59 Å². The number of hydrogen-bond donors (Lipinski definition) is 2. The van der Waals surface area contributed by atoms with Crippen LogP contribution in [0.25, 0.3) is 0 Å². The van der Waals surface area contributed by atoms with Crippen LogP contribution in [0.5, 0.6) is 5.75 Å². The van der Waals surface area contributed by atoms with Gasteiger partial charge in [0.2, 0.25) is 0 Å². The van der Waals surface area contributed by atoms with Gasteiger partial charge in [0, 0.05) is 30.9 Å². The molecular weight excluding hydrogens is 358 g/mol. The molecule has 2 heterocycles. The number of piperidine rings is 1. The van der Waals surface area contributed by atoms with Gasteiger partial charge in [0.25, 0.3) is 11.8 Å². The smallest absolute Gasteiger partial charge is 0.291 e. The molecule has 0 unspecified atom stereocenters. The summed E-state index contributed by atoms with van der Waals surface area (Å²) in [6, 6.07) is 10.4. The summed E-state index contributed by atoms with van der Waals surface area (Å²) in [4.78, 5) is 26.6. The van der Waals surface area contributed by atoms with E-state index in [1.165, 1.54) is 6.26 Å². The first kappa shape index (κ1) is 19.9. The molecule has 1 fully saturated rings. The minimum Gasteiger partial charge on any atom is -0.484 e. The highest BCUT2D eigenvalue weighted by Gasteiger charge is 2.20. The highest BCUT2D eigenvalue weighted by atomic mass is 16.5. The number of carbonyl (C=O) groups is 2. The summed E-state index contributed by atoms with van der Waals surface area (Å²) in [5.41, 5.74) is 0.572. The van der Waals surface area contributed by atoms with E-state index in [9.17, 15) is 9.59 Å². The molecule has 0 spiro atoms. The minimum atomic E-state index is -0.339. The molecule has 0 aliphatic carbocycles. The number of rotatable bonds is 8. The van der Waals surface area contributed by atoms with E-state index >= 15 is 0 Å². The van der Waals surface area contributed by atoms with Crippen LogP contribution in [-0.2, 0) is 4.79 Å². The standard InChI is InChI=1S/C21H27N3O4/c1-2-10-24-11-8-16(9-12-24)22-20(25)15-28-18-6-3-5-17(14-18)23-21(26)19-7-4-13-27-19/h3-7,13-14,16H,2,8-12,15H2,1H3,(H,22,25)(H,23,26). The average molecular weight is 385 g/mol. The van der Waals surface area contributed by atoms with Crippen molar-refractivity contribution >= 4 is 17.5 Å². The molecule has 2 N–H and O–H groups in total. The highest BCUT2D eigenvalue weighted by molar-refractivity contribution is 6.02. The van der Waals surface area contributed by atoms with Gasteiger partial charge in [0.15, 0.2) is 12.4 Å². The fourth-order valence-corrected chi connectivity index (χ4v) is 3.30. The van der Waals surface area contributed by atoms with Gasteiger partial charge in [-0.25, -0.2) is 0 Å². The molecule has 0 radical (unpaired) electrons. The Labute approximate surface area is 165 Å². The van der Waals surface area contributed by atoms with Crippen molar-refractivity contribution in [2.24, 2.45) is 0 Å². The van der Waals surface area contributed by atoms with Gasteiger partial charge in [-0.1, -0.05) is 13.0 Å². The first-order chi connectivity index (χ1) is 13.6. The molecule has 0 saturated carbocycles. The lowest BCUT2D eigenvalue weighted by molar-refractivity contribution is -0.124. The molecule has 1 aromatic heterocycles. The Bertz CT molecular complexity index is 768. The van der Waals surface area contributed by atoms with E-state index in [2.05, 4.69) is 22.5 Å². The number of hydrogen-bond acceptors (Lipinski definition) is 5. The quantitative estimate of drug-likeness (QED) is 0.730. The van der Waals surface area contributed by atoms with Crippen molar-refractivity contribution in [2.75, 3.05) is 31.6 Å². The van der Waals surface area contributed by atoms with Crippen molar-refractivity contribution in [2.45, 2.75) is 32.2 Å². The normalized spacial score (nSPS) is 15.2. The number of likely N-dealkylation sites (tertiary alicyclic amines) is 1. The van der Waals surface area contributed by atoms with Gasteiger partial charge in [-0.05, 0) is 50.1 Å². The van der Waals surface area contributed by atoms with Crippen LogP contribution in [0, 0.1) is 0 Å². The number of nitrogens with zero attached hydrogens (tertiary/aromatic N) is 1. The molecule has 7 heteroatoms. The SMILES string of the molecule is CCCN1CCC(NC(=O)COc2cccc(NC(=O)c3ccco3)c2)CC1. The second kappa shape index (κ2) is 9.94. The number of furan rings is 1. The molecule has 2 aromatic rings. The number of nitrogens with one attached hydrogen (secondary N) is 2. The second-order valence-corrected chi connectivity index (χ2v) is 6.93. The van der Waals surface area contributed by atoms with Crippen molar-refractivity contribution in [1.82, 2.24) is 10.2 Å². The summed E-state index contributed by atoms with van der Waals surface area (Å²) in [5.74, 6) is 0.286. The van der Waals surface area contributed by atoms with Crippen molar-refractivity contribution < 1.29 is 18.7 Å². The maximum atomic E-state index is 12.2. The van der Waals surface area contributed by atoms with Crippen LogP contribution in [0.3, 0.4) is 0 Å². The summed E-state index contributed by atoms with van der Waals surface area (Å²) in [7, 11) is 0. The molecule has 1 aromatic carbocycles. The first-order valence-electron chi connectivity index (χ1n) is 9.73. The lowest BCUT2D eigenvalue weighted by atomic mass is 10.0. The molecule has 1 saturated heterocycles. The van der Waals surface area contributed by atoms with Gasteiger partial charge in [0.1, 0.15) is 5.75 Å². The molecule has 28 heavy (non-hydrogen) atoms. The second-order valence-electron chi connectivity index (χ2n) is 6.93. The molecule has 150 valence electrons. The van der Waals surface area contributed by atoms with E-state index < -0.39 is 0 Å². The number of benzene rings is 1. The Morgan fingerprint density at radius 3 is 2.75 bits per heavy atom. The first-order valence-corrected chi connectivity index (χ1v) is 9.73. The summed E-state index contributed by atoms with van der Waals surface area (Å²) in [6.07, 6.45) is 4.55. The van der Waals surface area contributed by atoms with Crippen LogP contribution < -0.4 is 15.4 Å². The molecule has 0 bridgehead atoms. The topological polar surface area (TPSA) is 83.8 Å². The number of anilines is 1. The molecular formula is C21H27N3O4. The zero-order chi connectivity index (χ0) is 19.8. The summed E-state index contributed by atoms with van der Waals surface area (Å²) in [5, 5.41) is 5.78. The average Bonchev–Trinajstić information content (AvgIpc) is 3.24. The molecule has 1 aliphatic rings. The van der Waals surface area contributed by atoms with Crippen LogP contribution in [0.2, 0.25) is 0 Å². The minimum absolute atomic E-state index is 0.0508. The summed E-state index contributed by atoms with van der Waals surface area (Å²) < 4.78 is 10.7. The van der Waals surface area contributed by atoms with Crippen LogP contribution in [0.1, 0.15) is 36.7 Å². The molecule has 0 atom stereocenters. The third-order valence-corrected chi connectivity index (χ3v) is 4.70. The molecule has 3 rings (SSSR count). The number of amides is 2. The monoisotopic (exact) mass is 385 g/mol. The van der Waals surface area contributed by atoms with E-state index in [-0.39, 0.29) is 30.2 Å². The fraction of sp³-hybridized carbons (Fsp3) is 0.429. The number of carbonyl (C=O) groups excluding carboxylic acids is 2. The van der Waals surface area contributed by atoms with E-state index in [1.54, 1.807) is 36.4 Å². The predicted octanol–water partition coefficient (Wildman–Crippen LogP) is 2.90. The van der Waals surface area contributed by atoms with Gasteiger partial charge in [-0.2, -0.15) is 0 Å². The van der Waals surface area contributed by atoms with Crippen molar-refractivity contribution in [3.63, 3.8) is 0 Å². The zero-order valence-corrected chi connectivity index (χ0v) is 16.1. The van der Waals surface area contributed by atoms with Crippen molar-refractivity contribution in [1.29, 1.82) is 0 Å². The Morgan fingerprint density at radius 1 is 1.21 bits per heavy atom. The maximum absolute atomic E-state index is 12.2. The highest BCUT2D eigenvalue weighted by Crippen LogP contribution is 2.18. The van der Waals surface area contributed by atoms with Gasteiger partial charge >= 0.3 is 0 Å². The van der Waals surface area contributed by atoms with E-state index in [0.29, 0.717) is 11.4 Å². The summed E-state index contributed by atoms with van der Waals surface area (Å²) in [6.45, 7) is 5.30. The number of ether oxygens (including phenoxy) is 1. The third kappa shape index (κ3) is 5.85. The van der Waals surface area contributed by atoms with E-state index in [4.69, 9.17) is 9.15 Å². The Hall–Kier alpha value is -2.80. The van der Waals surface area contributed by atoms with Crippen LogP contribution in [0.4, 0.5) is 5.69 Å². The Balaban J connectivity index is 1.43. The Kier molecular flexibility index (Phi) is 7.08. The van der Waals surface area contributed by atoms with Crippen molar-refractivity contribution in [3.05, 3.63) is 48.4 Å². The van der Waals surface area contributed by atoms with Crippen molar-refractivity contribution in [3.8, 4) is 5.75 Å². The maximum Gasteiger partial charge on any atom is 0.291 e. The lowest BCUT2D eigenvalue weighted by Crippen LogP contribution is -2.46. The van der Waals surface area contributed by atoms with Crippen LogP contribution in [-0.4, -0.2) is 49.0 Å². The van der Waals surface area contributed by atoms with Crippen LogP contribution in [0.15, 0.2) is 47.1 Å². The lowest BCUT2D eigenvalue weighted by Gasteiger charge is -2.32. The Morgan fingerprint density at radius 2 is 2.04 bits per heavy atom. The van der Waals surface area contributed by atoms with Gasteiger partial charge < -0.3 is 24.7 Å². The largest absolute Gasteiger partial charge is 0.484 e. The van der Waals surface area contributed by atoms with Gasteiger partial charge in [0.05, 0.1) is 6.26 Å². The molecule has 2 amide bonds. The predicted molar refractivity (Wildman–Crippen MR) is 106 cm³/mol. The van der Waals surface area contributed by atoms with E-state index in [0.717, 1.165) is 38.9 Å². The molecule has 7 nitrogen and oxygen atoms in total.